The van der Waals surface area contributed by atoms with Gasteiger partial charge in [-0.2, -0.15) is 4.98 Å². The average molecular weight is 543 g/mol. The molecule has 1 fully saturated rings. The van der Waals surface area contributed by atoms with Crippen LogP contribution < -0.4 is 21.9 Å². The molecule has 0 amide bonds. The number of benzene rings is 1. The van der Waals surface area contributed by atoms with Gasteiger partial charge in [-0.3, -0.25) is 28.7 Å². The minimum absolute atomic E-state index is 0.0198. The number of piperidine rings is 1. The van der Waals surface area contributed by atoms with Crippen LogP contribution in [0.5, 0.6) is 0 Å². The van der Waals surface area contributed by atoms with Crippen LogP contribution in [0.1, 0.15) is 25.5 Å². The van der Waals surface area contributed by atoms with Crippen molar-refractivity contribution >= 4 is 44.9 Å². The van der Waals surface area contributed by atoms with Crippen molar-refractivity contribution < 1.29 is 9.53 Å². The molecule has 0 radical (unpaired) electrons. The number of fused-ring (bicyclic) bond motifs is 4. The van der Waals surface area contributed by atoms with Crippen molar-refractivity contribution in [1.29, 1.82) is 0 Å². The molecule has 1 aliphatic rings. The summed E-state index contributed by atoms with van der Waals surface area (Å²) < 4.78 is 9.01. The molecule has 4 aromatic heterocycles. The number of esters is 1. The summed E-state index contributed by atoms with van der Waals surface area (Å²) in [5.41, 5.74) is 7.41. The predicted octanol–water partition coefficient (Wildman–Crippen LogP) is 1.62. The Hall–Kier alpha value is -4.58. The van der Waals surface area contributed by atoms with Crippen molar-refractivity contribution in [2.45, 2.75) is 45.4 Å². The van der Waals surface area contributed by atoms with E-state index in [9.17, 15) is 14.4 Å². The third-order valence-corrected chi connectivity index (χ3v) is 7.51. The number of carbonyl (C=O) groups excluding carboxylic acids is 1. The lowest BCUT2D eigenvalue weighted by molar-refractivity contribution is -0.141. The second-order valence-electron chi connectivity index (χ2n) is 9.99. The first kappa shape index (κ1) is 25.7. The number of para-hydroxylation sites is 1. The molecule has 1 unspecified atom stereocenters. The van der Waals surface area contributed by atoms with Gasteiger partial charge in [0.25, 0.3) is 5.56 Å². The normalized spacial score (nSPS) is 15.8. The van der Waals surface area contributed by atoms with Crippen molar-refractivity contribution in [3.8, 4) is 0 Å². The molecule has 0 spiro atoms. The van der Waals surface area contributed by atoms with Gasteiger partial charge >= 0.3 is 11.7 Å². The van der Waals surface area contributed by atoms with E-state index in [1.54, 1.807) is 16.8 Å². The Morgan fingerprint density at radius 1 is 1.07 bits per heavy atom. The van der Waals surface area contributed by atoms with E-state index in [4.69, 9.17) is 20.4 Å². The maximum absolute atomic E-state index is 14.1. The van der Waals surface area contributed by atoms with Crippen molar-refractivity contribution in [1.82, 2.24) is 28.7 Å². The summed E-state index contributed by atoms with van der Waals surface area (Å²) in [5, 5.41) is 1.61. The molecule has 12 nitrogen and oxygen atoms in total. The van der Waals surface area contributed by atoms with E-state index < -0.39 is 17.2 Å². The van der Waals surface area contributed by atoms with E-state index in [1.165, 1.54) is 11.7 Å². The molecular weight excluding hydrogens is 512 g/mol. The number of anilines is 1. The van der Waals surface area contributed by atoms with Crippen molar-refractivity contribution in [3.63, 3.8) is 0 Å². The number of hydrogen-bond acceptors (Lipinski definition) is 9. The van der Waals surface area contributed by atoms with E-state index in [0.717, 1.165) is 40.2 Å². The van der Waals surface area contributed by atoms with Crippen LogP contribution >= 0.6 is 0 Å². The van der Waals surface area contributed by atoms with Gasteiger partial charge < -0.3 is 19.9 Å². The number of carbonyl (C=O) groups is 1. The van der Waals surface area contributed by atoms with Crippen molar-refractivity contribution in [3.05, 3.63) is 69.1 Å². The molecule has 1 saturated heterocycles. The monoisotopic (exact) mass is 542 g/mol. The molecule has 5 heterocycles. The zero-order chi connectivity index (χ0) is 28.0. The van der Waals surface area contributed by atoms with E-state index in [2.05, 4.69) is 4.98 Å². The van der Waals surface area contributed by atoms with Crippen LogP contribution in [0.4, 0.5) is 5.95 Å². The lowest BCUT2D eigenvalue weighted by atomic mass is 10.1. The van der Waals surface area contributed by atoms with Crippen LogP contribution in [0.15, 0.2) is 52.2 Å². The Morgan fingerprint density at radius 2 is 1.88 bits per heavy atom. The summed E-state index contributed by atoms with van der Waals surface area (Å²) in [4.78, 5) is 56.5. The number of aromatic nitrogens is 6. The van der Waals surface area contributed by atoms with E-state index >= 15 is 0 Å². The third-order valence-electron chi connectivity index (χ3n) is 7.51. The fourth-order valence-corrected chi connectivity index (χ4v) is 5.59. The number of rotatable bonds is 6. The molecule has 2 N–H and O–H groups in total. The lowest BCUT2D eigenvalue weighted by Gasteiger charge is -2.31. The highest BCUT2D eigenvalue weighted by molar-refractivity contribution is 6.04. The molecule has 0 saturated carbocycles. The fraction of sp³-hybridized carbons (Fsp3) is 0.357. The summed E-state index contributed by atoms with van der Waals surface area (Å²) in [6.07, 6.45) is 3.50. The molecule has 0 bridgehead atoms. The molecule has 1 aromatic carbocycles. The minimum Gasteiger partial charge on any atom is -0.468 e. The van der Waals surface area contributed by atoms with E-state index in [1.807, 2.05) is 42.2 Å². The molecule has 5 aromatic rings. The molecular formula is C28H30N8O4. The number of nitrogens with two attached hydrogens (primary N) is 1. The topological polar surface area (TPSA) is 143 Å². The van der Waals surface area contributed by atoms with Gasteiger partial charge in [0.1, 0.15) is 6.54 Å². The number of methoxy groups -OCH3 is 1. The van der Waals surface area contributed by atoms with E-state index in [-0.39, 0.29) is 30.3 Å². The average Bonchev–Trinajstić information content (AvgIpc) is 3.37. The Bertz CT molecular complexity index is 1890. The van der Waals surface area contributed by atoms with Gasteiger partial charge in [-0.15, -0.1) is 0 Å². The number of pyridine rings is 2. The molecule has 1 atom stereocenters. The van der Waals surface area contributed by atoms with Crippen molar-refractivity contribution in [2.75, 3.05) is 25.1 Å². The number of aryl methyl sites for hydroxylation is 1. The second kappa shape index (κ2) is 10.2. The number of imidazole rings is 1. The van der Waals surface area contributed by atoms with Gasteiger partial charge in [-0.1, -0.05) is 18.2 Å². The van der Waals surface area contributed by atoms with Crippen LogP contribution in [-0.4, -0.2) is 60.9 Å². The molecule has 1 aliphatic heterocycles. The molecule has 0 aliphatic carbocycles. The van der Waals surface area contributed by atoms with Gasteiger partial charge in [0.15, 0.2) is 11.2 Å². The quantitative estimate of drug-likeness (QED) is 0.250. The fourth-order valence-electron chi connectivity index (χ4n) is 5.59. The predicted molar refractivity (Wildman–Crippen MR) is 152 cm³/mol. The first-order chi connectivity index (χ1) is 19.4. The van der Waals surface area contributed by atoms with Gasteiger partial charge in [0.05, 0.1) is 30.4 Å². The van der Waals surface area contributed by atoms with E-state index in [0.29, 0.717) is 30.2 Å². The van der Waals surface area contributed by atoms with Crippen LogP contribution in [0.3, 0.4) is 0 Å². The summed E-state index contributed by atoms with van der Waals surface area (Å²) >= 11 is 0. The second-order valence-corrected chi connectivity index (χ2v) is 9.99. The highest BCUT2D eigenvalue weighted by atomic mass is 16.5. The smallest absolute Gasteiger partial charge is 0.333 e. The maximum atomic E-state index is 14.1. The van der Waals surface area contributed by atoms with Crippen molar-refractivity contribution in [2.24, 2.45) is 5.73 Å². The number of hydrogen-bond donors (Lipinski definition) is 1. The molecule has 206 valence electrons. The Morgan fingerprint density at radius 3 is 2.65 bits per heavy atom. The Labute approximate surface area is 228 Å². The van der Waals surface area contributed by atoms with Crippen LogP contribution in [0.2, 0.25) is 0 Å². The lowest BCUT2D eigenvalue weighted by Crippen LogP contribution is -2.44. The maximum Gasteiger partial charge on any atom is 0.333 e. The highest BCUT2D eigenvalue weighted by Crippen LogP contribution is 2.26. The van der Waals surface area contributed by atoms with Gasteiger partial charge in [0, 0.05) is 42.6 Å². The largest absolute Gasteiger partial charge is 0.468 e. The summed E-state index contributed by atoms with van der Waals surface area (Å²) in [5.74, 6) is -0.0707. The standard InChI is InChI=1S/C28H30N8O4/c1-3-34-24-25(32-27(34)33-13-7-8-17(29)14-33)35(16-22(37)40-2)28(39)36(26(24)38)15-21-19-10-6-12-30-23(19)18-9-4-5-11-20(18)31-21/h4-6,9-12,17H,3,7-8,13-16,29H2,1-2H3. The number of ether oxygens (including phenoxy) is 1. The van der Waals surface area contributed by atoms with Gasteiger partial charge in [-0.05, 0) is 38.0 Å². The zero-order valence-electron chi connectivity index (χ0n) is 22.4. The summed E-state index contributed by atoms with van der Waals surface area (Å²) in [7, 11) is 1.25. The third kappa shape index (κ3) is 4.20. The molecule has 12 heteroatoms. The van der Waals surface area contributed by atoms with Gasteiger partial charge in [0.2, 0.25) is 5.95 Å². The molecule has 40 heavy (non-hydrogen) atoms. The van der Waals surface area contributed by atoms with Gasteiger partial charge in [-0.25, -0.2) is 4.79 Å². The minimum atomic E-state index is -0.669. The first-order valence-corrected chi connectivity index (χ1v) is 13.3. The Kier molecular flexibility index (Phi) is 6.54. The van der Waals surface area contributed by atoms with Crippen LogP contribution in [-0.2, 0) is 29.2 Å². The molecule has 6 rings (SSSR count). The first-order valence-electron chi connectivity index (χ1n) is 13.3. The zero-order valence-corrected chi connectivity index (χ0v) is 22.4. The number of nitrogens with zero attached hydrogens (tertiary/aromatic N) is 7. The highest BCUT2D eigenvalue weighted by Gasteiger charge is 2.27. The SMILES string of the molecule is CCn1c(N2CCCC(N)C2)nc2c1c(=O)n(Cc1nc3ccccc3c3ncccc13)c(=O)n2CC(=O)OC. The summed E-state index contributed by atoms with van der Waals surface area (Å²) in [6.45, 7) is 3.16. The summed E-state index contributed by atoms with van der Waals surface area (Å²) in [6, 6.07) is 11.3. The van der Waals surface area contributed by atoms with Crippen LogP contribution in [0, 0.1) is 0 Å². The van der Waals surface area contributed by atoms with Crippen LogP contribution in [0.25, 0.3) is 33.0 Å². The Balaban J connectivity index is 1.60.